The minimum Gasteiger partial charge on any atom is -0.472 e. The van der Waals surface area contributed by atoms with Crippen LogP contribution in [0.3, 0.4) is 0 Å². The Morgan fingerprint density at radius 1 is 1.31 bits per heavy atom. The molecule has 136 valence electrons. The van der Waals surface area contributed by atoms with Crippen molar-refractivity contribution in [2.75, 3.05) is 13.2 Å². The molecule has 3 aromatic heterocycles. The van der Waals surface area contributed by atoms with Crippen LogP contribution in [0.2, 0.25) is 0 Å². The van der Waals surface area contributed by atoms with E-state index in [0.29, 0.717) is 13.2 Å². The fraction of sp³-hybridized carbons (Fsp3) is 0.421. The fourth-order valence-electron chi connectivity index (χ4n) is 3.47. The van der Waals surface area contributed by atoms with Crippen molar-refractivity contribution in [3.05, 3.63) is 65.1 Å². The third-order valence-electron chi connectivity index (χ3n) is 4.80. The summed E-state index contributed by atoms with van der Waals surface area (Å²) in [4.78, 5) is 6.88. The molecule has 0 spiro atoms. The number of fused-ring (bicyclic) bond motifs is 1. The Morgan fingerprint density at radius 3 is 3.04 bits per heavy atom. The maximum Gasteiger partial charge on any atom is 0.105 e. The summed E-state index contributed by atoms with van der Waals surface area (Å²) in [6, 6.07) is 8.06. The summed E-state index contributed by atoms with van der Waals surface area (Å²) in [5, 5.41) is 8.62. The number of pyridine rings is 1. The molecular weight excluding hydrogens is 330 g/mol. The van der Waals surface area contributed by atoms with Crippen molar-refractivity contribution in [3.63, 3.8) is 0 Å². The maximum atomic E-state index is 6.03. The lowest BCUT2D eigenvalue weighted by molar-refractivity contribution is 0.0375. The number of aryl methyl sites for hydroxylation is 2. The summed E-state index contributed by atoms with van der Waals surface area (Å²) in [5.74, 6) is 0. The van der Waals surface area contributed by atoms with E-state index in [-0.39, 0.29) is 6.04 Å². The van der Waals surface area contributed by atoms with Gasteiger partial charge in [-0.2, -0.15) is 0 Å². The second kappa shape index (κ2) is 7.39. The molecule has 4 heterocycles. The number of hydrogen-bond acceptors (Lipinski definition) is 6. The molecule has 1 aliphatic heterocycles. The Balaban J connectivity index is 1.48. The molecule has 7 heteroatoms. The lowest BCUT2D eigenvalue weighted by Crippen LogP contribution is -2.38. The largest absolute Gasteiger partial charge is 0.472 e. The Bertz CT molecular complexity index is 859. The number of hydrogen-bond donors (Lipinski definition) is 0. The first-order valence-corrected chi connectivity index (χ1v) is 8.84. The van der Waals surface area contributed by atoms with E-state index in [4.69, 9.17) is 9.15 Å². The van der Waals surface area contributed by atoms with Gasteiger partial charge in [-0.25, -0.2) is 0 Å². The van der Waals surface area contributed by atoms with Gasteiger partial charge in [0.15, 0.2) is 0 Å². The number of furan rings is 1. The number of nitrogens with zero attached hydrogens (tertiary/aromatic N) is 5. The van der Waals surface area contributed by atoms with Crippen molar-refractivity contribution < 1.29 is 9.15 Å². The van der Waals surface area contributed by atoms with E-state index < -0.39 is 0 Å². The number of ether oxygens (including phenoxy) is 1. The van der Waals surface area contributed by atoms with Crippen molar-refractivity contribution in [2.45, 2.75) is 32.5 Å². The molecule has 3 aromatic rings. The normalized spacial score (nSPS) is 17.4. The van der Waals surface area contributed by atoms with Crippen molar-refractivity contribution >= 4 is 0 Å². The molecule has 7 nitrogen and oxygen atoms in total. The molecule has 0 bridgehead atoms. The SMILES string of the molecule is Cc1cccc(COC[C@@H]2c3nnn(C)c3CCN2Cc2ccoc2)n1. The predicted octanol–water partition coefficient (Wildman–Crippen LogP) is 2.43. The van der Waals surface area contributed by atoms with Crippen LogP contribution in [0, 0.1) is 6.92 Å². The third-order valence-corrected chi connectivity index (χ3v) is 4.80. The van der Waals surface area contributed by atoms with Crippen LogP contribution in [-0.2, 0) is 31.4 Å². The molecule has 0 fully saturated rings. The molecule has 26 heavy (non-hydrogen) atoms. The van der Waals surface area contributed by atoms with Crippen molar-refractivity contribution in [1.29, 1.82) is 0 Å². The Kier molecular flexibility index (Phi) is 4.81. The summed E-state index contributed by atoms with van der Waals surface area (Å²) in [5.41, 5.74) is 5.31. The summed E-state index contributed by atoms with van der Waals surface area (Å²) in [6.07, 6.45) is 4.44. The quantitative estimate of drug-likeness (QED) is 0.678. The molecule has 0 amide bonds. The van der Waals surface area contributed by atoms with Crippen LogP contribution in [-0.4, -0.2) is 38.0 Å². The van der Waals surface area contributed by atoms with Gasteiger partial charge in [-0.05, 0) is 25.1 Å². The lowest BCUT2D eigenvalue weighted by Gasteiger charge is -2.34. The van der Waals surface area contributed by atoms with Gasteiger partial charge in [0.25, 0.3) is 0 Å². The molecule has 0 saturated heterocycles. The maximum absolute atomic E-state index is 6.03. The molecule has 0 aliphatic carbocycles. The predicted molar refractivity (Wildman–Crippen MR) is 95.2 cm³/mol. The van der Waals surface area contributed by atoms with Gasteiger partial charge < -0.3 is 9.15 Å². The molecule has 0 aromatic carbocycles. The first kappa shape index (κ1) is 16.9. The average Bonchev–Trinajstić information content (AvgIpc) is 3.27. The van der Waals surface area contributed by atoms with Crippen molar-refractivity contribution in [1.82, 2.24) is 24.9 Å². The Morgan fingerprint density at radius 2 is 2.23 bits per heavy atom. The number of rotatable bonds is 6. The van der Waals surface area contributed by atoms with Gasteiger partial charge in [-0.15, -0.1) is 5.10 Å². The molecule has 0 saturated carbocycles. The highest BCUT2D eigenvalue weighted by atomic mass is 16.5. The molecule has 4 rings (SSSR count). The van der Waals surface area contributed by atoms with Crippen LogP contribution in [0.1, 0.15) is 34.4 Å². The summed E-state index contributed by atoms with van der Waals surface area (Å²) >= 11 is 0. The topological polar surface area (TPSA) is 69.2 Å². The molecule has 1 atom stereocenters. The van der Waals surface area contributed by atoms with Crippen LogP contribution < -0.4 is 0 Å². The fourth-order valence-corrected chi connectivity index (χ4v) is 3.47. The lowest BCUT2D eigenvalue weighted by atomic mass is 10.0. The van der Waals surface area contributed by atoms with Crippen LogP contribution in [0.5, 0.6) is 0 Å². The first-order chi connectivity index (χ1) is 12.7. The zero-order chi connectivity index (χ0) is 17.9. The Hall–Kier alpha value is -2.51. The summed E-state index contributed by atoms with van der Waals surface area (Å²) < 4.78 is 13.1. The van der Waals surface area contributed by atoms with Gasteiger partial charge in [0, 0.05) is 37.8 Å². The Labute approximate surface area is 152 Å². The van der Waals surface area contributed by atoms with Crippen LogP contribution in [0.15, 0.2) is 41.2 Å². The van der Waals surface area contributed by atoms with E-state index in [1.807, 2.05) is 42.9 Å². The summed E-state index contributed by atoms with van der Waals surface area (Å²) in [7, 11) is 1.95. The highest BCUT2D eigenvalue weighted by molar-refractivity contribution is 5.20. The third kappa shape index (κ3) is 3.54. The van der Waals surface area contributed by atoms with Crippen molar-refractivity contribution in [3.8, 4) is 0 Å². The van der Waals surface area contributed by atoms with E-state index >= 15 is 0 Å². The van der Waals surface area contributed by atoms with Gasteiger partial charge in [0.2, 0.25) is 0 Å². The van der Waals surface area contributed by atoms with Gasteiger partial charge in [-0.3, -0.25) is 14.6 Å². The minimum atomic E-state index is 0.0761. The highest BCUT2D eigenvalue weighted by Crippen LogP contribution is 2.29. The van der Waals surface area contributed by atoms with Gasteiger partial charge in [-0.1, -0.05) is 11.3 Å². The second-order valence-electron chi connectivity index (χ2n) is 6.70. The standard InChI is InChI=1S/C19H23N5O2/c1-14-4-3-5-16(20-14)12-26-13-18-19-17(23(2)22-21-19)6-8-24(18)10-15-7-9-25-11-15/h3-5,7,9,11,18H,6,8,10,12-13H2,1-2H3/t18-/m1/s1. The zero-order valence-electron chi connectivity index (χ0n) is 15.1. The first-order valence-electron chi connectivity index (χ1n) is 8.84. The molecule has 0 radical (unpaired) electrons. The van der Waals surface area contributed by atoms with Gasteiger partial charge in [0.05, 0.1) is 43.2 Å². The van der Waals surface area contributed by atoms with Crippen molar-refractivity contribution in [2.24, 2.45) is 7.05 Å². The molecular formula is C19H23N5O2. The molecule has 0 N–H and O–H groups in total. The summed E-state index contributed by atoms with van der Waals surface area (Å²) in [6.45, 7) is 4.79. The number of aromatic nitrogens is 4. The van der Waals surface area contributed by atoms with E-state index in [9.17, 15) is 0 Å². The highest BCUT2D eigenvalue weighted by Gasteiger charge is 2.31. The van der Waals surface area contributed by atoms with Crippen LogP contribution in [0.25, 0.3) is 0 Å². The minimum absolute atomic E-state index is 0.0761. The van der Waals surface area contributed by atoms with E-state index in [0.717, 1.165) is 42.2 Å². The smallest absolute Gasteiger partial charge is 0.105 e. The monoisotopic (exact) mass is 353 g/mol. The van der Waals surface area contributed by atoms with Gasteiger partial charge in [0.1, 0.15) is 5.69 Å². The van der Waals surface area contributed by atoms with E-state index in [2.05, 4.69) is 20.2 Å². The molecule has 0 unspecified atom stereocenters. The molecule has 1 aliphatic rings. The van der Waals surface area contributed by atoms with E-state index in [1.165, 1.54) is 5.69 Å². The van der Waals surface area contributed by atoms with Gasteiger partial charge >= 0.3 is 0 Å². The van der Waals surface area contributed by atoms with E-state index in [1.54, 1.807) is 12.5 Å². The van der Waals surface area contributed by atoms with Crippen LogP contribution >= 0.6 is 0 Å². The zero-order valence-corrected chi connectivity index (χ0v) is 15.1. The van der Waals surface area contributed by atoms with Crippen LogP contribution in [0.4, 0.5) is 0 Å². The second-order valence-corrected chi connectivity index (χ2v) is 6.70. The average molecular weight is 353 g/mol.